The van der Waals surface area contributed by atoms with Gasteiger partial charge in [0, 0.05) is 10.5 Å². The first-order valence-corrected chi connectivity index (χ1v) is 7.46. The molecule has 116 valence electrons. The highest BCUT2D eigenvalue weighted by Gasteiger charge is 2.20. The predicted octanol–water partition coefficient (Wildman–Crippen LogP) is 0.237. The van der Waals surface area contributed by atoms with Crippen LogP contribution >= 0.6 is 0 Å². The molecular formula is C13H17N2O5S-. The number of hydrogen-bond donors (Lipinski definition) is 3. The Labute approximate surface area is 124 Å². The fourth-order valence-electron chi connectivity index (χ4n) is 1.71. The number of carbonyl (C=O) groups is 2. The molecule has 4 N–H and O–H groups in total. The first-order chi connectivity index (χ1) is 9.95. The molecule has 0 fully saturated rings. The topological polar surface area (TPSA) is 133 Å². The standard InChI is InChI=1S/C13H18N2O5S/c14-8-2-1-3-11(13(17)18)15-12(16)9-4-6-10(7-5-9)21(19)20/h4-7,11H,1-3,8,14H2,(H,15,16)(H,17,18)(H,19,20)/p-1/t11-/m0/s1. The van der Waals surface area contributed by atoms with Crippen LogP contribution in [-0.2, 0) is 15.9 Å². The number of amides is 1. The van der Waals surface area contributed by atoms with Crippen molar-refractivity contribution >= 4 is 23.0 Å². The van der Waals surface area contributed by atoms with Gasteiger partial charge in [0.15, 0.2) is 0 Å². The van der Waals surface area contributed by atoms with Gasteiger partial charge in [-0.05, 0) is 61.2 Å². The Bertz CT molecular complexity index is 518. The zero-order valence-corrected chi connectivity index (χ0v) is 12.1. The van der Waals surface area contributed by atoms with Crippen LogP contribution in [0.3, 0.4) is 0 Å². The van der Waals surface area contributed by atoms with Crippen LogP contribution in [0.5, 0.6) is 0 Å². The normalized spacial score (nSPS) is 13.4. The van der Waals surface area contributed by atoms with Crippen LogP contribution in [0.2, 0.25) is 0 Å². The summed E-state index contributed by atoms with van der Waals surface area (Å²) >= 11 is -2.36. The van der Waals surface area contributed by atoms with Crippen molar-refractivity contribution in [3.05, 3.63) is 29.8 Å². The molecule has 0 saturated heterocycles. The summed E-state index contributed by atoms with van der Waals surface area (Å²) in [6.45, 7) is 0.466. The molecule has 1 unspecified atom stereocenters. The van der Waals surface area contributed by atoms with E-state index in [1.54, 1.807) is 0 Å². The van der Waals surface area contributed by atoms with Crippen molar-refractivity contribution in [2.24, 2.45) is 5.73 Å². The van der Waals surface area contributed by atoms with Crippen molar-refractivity contribution in [2.75, 3.05) is 6.54 Å². The Balaban J connectivity index is 2.68. The van der Waals surface area contributed by atoms with Crippen molar-refractivity contribution in [2.45, 2.75) is 30.2 Å². The van der Waals surface area contributed by atoms with Gasteiger partial charge in [0.25, 0.3) is 5.91 Å². The number of nitrogens with two attached hydrogens (primary N) is 1. The summed E-state index contributed by atoms with van der Waals surface area (Å²) in [5.74, 6) is -1.67. The second-order valence-electron chi connectivity index (χ2n) is 4.41. The minimum atomic E-state index is -2.36. The molecular weight excluding hydrogens is 296 g/mol. The number of unbranched alkanes of at least 4 members (excludes halogenated alkanes) is 1. The Morgan fingerprint density at radius 3 is 2.38 bits per heavy atom. The molecule has 0 aliphatic heterocycles. The minimum absolute atomic E-state index is 0.0595. The lowest BCUT2D eigenvalue weighted by Crippen LogP contribution is -2.40. The van der Waals surface area contributed by atoms with Crippen molar-refractivity contribution in [1.82, 2.24) is 5.32 Å². The van der Waals surface area contributed by atoms with Crippen molar-refractivity contribution in [3.63, 3.8) is 0 Å². The van der Waals surface area contributed by atoms with Gasteiger partial charge in [-0.25, -0.2) is 4.79 Å². The van der Waals surface area contributed by atoms with E-state index in [0.29, 0.717) is 25.8 Å². The number of rotatable bonds is 8. The summed E-state index contributed by atoms with van der Waals surface area (Å²) in [7, 11) is 0. The van der Waals surface area contributed by atoms with Crippen LogP contribution in [0.4, 0.5) is 0 Å². The number of aliphatic carboxylic acids is 1. The van der Waals surface area contributed by atoms with E-state index in [2.05, 4.69) is 5.32 Å². The molecule has 1 aromatic rings. The molecule has 0 aromatic heterocycles. The third-order valence-electron chi connectivity index (χ3n) is 2.86. The number of benzene rings is 1. The van der Waals surface area contributed by atoms with E-state index >= 15 is 0 Å². The van der Waals surface area contributed by atoms with Crippen LogP contribution < -0.4 is 11.1 Å². The maximum absolute atomic E-state index is 11.9. The number of hydrogen-bond acceptors (Lipinski definition) is 5. The Kier molecular flexibility index (Phi) is 7.00. The summed E-state index contributed by atoms with van der Waals surface area (Å²) in [6, 6.07) is 4.24. The molecule has 0 aliphatic rings. The Hall–Kier alpha value is -1.77. The Morgan fingerprint density at radius 2 is 1.90 bits per heavy atom. The zero-order chi connectivity index (χ0) is 15.8. The number of carbonyl (C=O) groups excluding carboxylic acids is 1. The van der Waals surface area contributed by atoms with Crippen LogP contribution in [0.25, 0.3) is 0 Å². The van der Waals surface area contributed by atoms with Gasteiger partial charge in [0.05, 0.1) is 0 Å². The molecule has 0 bridgehead atoms. The SMILES string of the molecule is NCCCC[C@H](NC(=O)c1ccc(S(=O)[O-])cc1)C(=O)O. The van der Waals surface area contributed by atoms with Crippen molar-refractivity contribution < 1.29 is 23.5 Å². The van der Waals surface area contributed by atoms with Gasteiger partial charge in [0.2, 0.25) is 0 Å². The van der Waals surface area contributed by atoms with Gasteiger partial charge < -0.3 is 20.7 Å². The number of carboxylic acids is 1. The highest BCUT2D eigenvalue weighted by Crippen LogP contribution is 2.08. The summed E-state index contributed by atoms with van der Waals surface area (Å²) in [6.07, 6.45) is 1.58. The maximum Gasteiger partial charge on any atom is 0.326 e. The van der Waals surface area contributed by atoms with E-state index in [1.165, 1.54) is 24.3 Å². The second-order valence-corrected chi connectivity index (χ2v) is 5.35. The molecule has 1 rings (SSSR count). The Morgan fingerprint density at radius 1 is 1.29 bits per heavy atom. The molecule has 1 aromatic carbocycles. The summed E-state index contributed by atoms with van der Waals surface area (Å²) in [5, 5.41) is 11.5. The molecule has 7 nitrogen and oxygen atoms in total. The van der Waals surface area contributed by atoms with E-state index in [1.807, 2.05) is 0 Å². The molecule has 2 atom stereocenters. The van der Waals surface area contributed by atoms with Crippen molar-refractivity contribution in [3.8, 4) is 0 Å². The minimum Gasteiger partial charge on any atom is -0.768 e. The van der Waals surface area contributed by atoms with E-state index < -0.39 is 29.0 Å². The average Bonchev–Trinajstić information content (AvgIpc) is 2.46. The molecule has 0 saturated carbocycles. The first kappa shape index (κ1) is 17.3. The third-order valence-corrected chi connectivity index (χ3v) is 3.52. The van der Waals surface area contributed by atoms with Crippen LogP contribution in [0.15, 0.2) is 29.2 Å². The lowest BCUT2D eigenvalue weighted by atomic mass is 10.1. The summed E-state index contributed by atoms with van der Waals surface area (Å²) in [4.78, 5) is 23.1. The first-order valence-electron chi connectivity index (χ1n) is 6.38. The monoisotopic (exact) mass is 313 g/mol. The van der Waals surface area contributed by atoms with Gasteiger partial charge >= 0.3 is 5.97 Å². The number of nitrogens with one attached hydrogen (secondary N) is 1. The smallest absolute Gasteiger partial charge is 0.326 e. The van der Waals surface area contributed by atoms with Crippen LogP contribution in [-0.4, -0.2) is 38.3 Å². The second kappa shape index (κ2) is 8.50. The molecule has 8 heteroatoms. The lowest BCUT2D eigenvalue weighted by Gasteiger charge is -2.14. The highest BCUT2D eigenvalue weighted by atomic mass is 32.2. The fraction of sp³-hybridized carbons (Fsp3) is 0.385. The van der Waals surface area contributed by atoms with Gasteiger partial charge in [-0.15, -0.1) is 0 Å². The van der Waals surface area contributed by atoms with Crippen LogP contribution in [0.1, 0.15) is 29.6 Å². The lowest BCUT2D eigenvalue weighted by molar-refractivity contribution is -0.139. The van der Waals surface area contributed by atoms with Gasteiger partial charge in [-0.3, -0.25) is 9.00 Å². The summed E-state index contributed by atoms with van der Waals surface area (Å²) < 4.78 is 21.4. The van der Waals surface area contributed by atoms with Crippen LogP contribution in [0, 0.1) is 0 Å². The molecule has 0 aliphatic carbocycles. The van der Waals surface area contributed by atoms with Gasteiger partial charge in [-0.1, -0.05) is 0 Å². The van der Waals surface area contributed by atoms with E-state index in [-0.39, 0.29) is 10.5 Å². The molecule has 0 spiro atoms. The molecule has 0 radical (unpaired) electrons. The number of carboxylic acid groups (broad SMARTS) is 1. The van der Waals surface area contributed by atoms with Gasteiger partial charge in [0.1, 0.15) is 6.04 Å². The largest absolute Gasteiger partial charge is 0.768 e. The quantitative estimate of drug-likeness (QED) is 0.465. The van der Waals surface area contributed by atoms with E-state index in [4.69, 9.17) is 10.8 Å². The van der Waals surface area contributed by atoms with E-state index in [9.17, 15) is 18.4 Å². The highest BCUT2D eigenvalue weighted by molar-refractivity contribution is 7.79. The van der Waals surface area contributed by atoms with E-state index in [0.717, 1.165) is 0 Å². The maximum atomic E-state index is 11.9. The predicted molar refractivity (Wildman–Crippen MR) is 75.4 cm³/mol. The fourth-order valence-corrected chi connectivity index (χ4v) is 2.07. The van der Waals surface area contributed by atoms with Gasteiger partial charge in [-0.2, -0.15) is 0 Å². The average molecular weight is 313 g/mol. The van der Waals surface area contributed by atoms with Crippen molar-refractivity contribution in [1.29, 1.82) is 0 Å². The molecule has 21 heavy (non-hydrogen) atoms. The zero-order valence-electron chi connectivity index (χ0n) is 11.3. The summed E-state index contributed by atoms with van der Waals surface area (Å²) in [5.41, 5.74) is 5.54. The molecule has 1 amide bonds. The molecule has 0 heterocycles. The third kappa shape index (κ3) is 5.62.